The first-order chi connectivity index (χ1) is 12.0. The normalized spacial score (nSPS) is 19.4. The Morgan fingerprint density at radius 2 is 2.32 bits per heavy atom. The second kappa shape index (κ2) is 6.34. The highest BCUT2D eigenvalue weighted by Gasteiger charge is 2.42. The molecule has 2 aromatic rings. The summed E-state index contributed by atoms with van der Waals surface area (Å²) < 4.78 is 5.98. The Kier molecular flexibility index (Phi) is 4.36. The summed E-state index contributed by atoms with van der Waals surface area (Å²) in [6.07, 6.45) is 2.55. The lowest BCUT2D eigenvalue weighted by Crippen LogP contribution is -2.37. The molecule has 0 amide bonds. The number of hydrogen-bond acceptors (Lipinski definition) is 4. The molecule has 3 rings (SSSR count). The number of H-pyrrole nitrogens is 1. The van der Waals surface area contributed by atoms with Crippen LogP contribution < -0.4 is 0 Å². The van der Waals surface area contributed by atoms with Gasteiger partial charge in [0.2, 0.25) is 0 Å². The number of aliphatic carboxylic acids is 1. The molecule has 0 bridgehead atoms. The van der Waals surface area contributed by atoms with Crippen LogP contribution in [0.2, 0.25) is 0 Å². The minimum absolute atomic E-state index is 0.137. The van der Waals surface area contributed by atoms with Gasteiger partial charge in [-0.2, -0.15) is 5.26 Å². The minimum Gasteiger partial charge on any atom is -0.481 e. The van der Waals surface area contributed by atoms with Gasteiger partial charge in [-0.1, -0.05) is 13.3 Å². The first-order valence-electron chi connectivity index (χ1n) is 8.37. The third-order valence-corrected chi connectivity index (χ3v) is 5.00. The largest absolute Gasteiger partial charge is 0.481 e. The predicted octanol–water partition coefficient (Wildman–Crippen LogP) is 3.20. The second-order valence-corrected chi connectivity index (χ2v) is 6.51. The van der Waals surface area contributed by atoms with Crippen molar-refractivity contribution in [2.75, 3.05) is 6.61 Å². The summed E-state index contributed by atoms with van der Waals surface area (Å²) in [5.41, 5.74) is 3.13. The maximum absolute atomic E-state index is 11.5. The topological polar surface area (TPSA) is 103 Å². The highest BCUT2D eigenvalue weighted by Crippen LogP contribution is 2.43. The van der Waals surface area contributed by atoms with Crippen molar-refractivity contribution in [3.05, 3.63) is 34.0 Å². The van der Waals surface area contributed by atoms with Crippen molar-refractivity contribution in [1.82, 2.24) is 4.98 Å². The standard InChI is InChI=1S/C19H20N2O4/c1-3-5-19(8-15(23)24)18-14(4-6-25-19)16-12(9-20)7-13(10-22)11(2)17(16)21-18/h7,10,21H,3-6,8H2,1-2H3,(H,23,24). The lowest BCUT2D eigenvalue weighted by molar-refractivity contribution is -0.149. The molecule has 2 heterocycles. The van der Waals surface area contributed by atoms with E-state index in [9.17, 15) is 20.0 Å². The fraction of sp³-hybridized carbons (Fsp3) is 0.421. The quantitative estimate of drug-likeness (QED) is 0.814. The number of carbonyl (C=O) groups excluding carboxylic acids is 1. The van der Waals surface area contributed by atoms with E-state index in [1.54, 1.807) is 6.07 Å². The molecule has 1 atom stereocenters. The van der Waals surface area contributed by atoms with E-state index in [2.05, 4.69) is 11.1 Å². The maximum atomic E-state index is 11.5. The molecular formula is C19H20N2O4. The first-order valence-corrected chi connectivity index (χ1v) is 8.37. The number of benzene rings is 1. The number of carboxylic acids is 1. The molecule has 1 unspecified atom stereocenters. The van der Waals surface area contributed by atoms with Crippen molar-refractivity contribution >= 4 is 23.2 Å². The molecule has 0 spiro atoms. The van der Waals surface area contributed by atoms with E-state index in [-0.39, 0.29) is 6.42 Å². The van der Waals surface area contributed by atoms with Crippen LogP contribution in [0.3, 0.4) is 0 Å². The van der Waals surface area contributed by atoms with Gasteiger partial charge in [0, 0.05) is 10.9 Å². The predicted molar refractivity (Wildman–Crippen MR) is 91.6 cm³/mol. The summed E-state index contributed by atoms with van der Waals surface area (Å²) in [4.78, 5) is 26.1. The SMILES string of the molecule is CCCC1(CC(=O)O)OCCc2c1[nH]c1c(C)c(C=O)cc(C#N)c21. The van der Waals surface area contributed by atoms with Gasteiger partial charge in [-0.25, -0.2) is 0 Å². The van der Waals surface area contributed by atoms with Crippen LogP contribution in [0.1, 0.15) is 58.9 Å². The minimum atomic E-state index is -0.925. The zero-order valence-corrected chi connectivity index (χ0v) is 14.3. The molecule has 6 nitrogen and oxygen atoms in total. The maximum Gasteiger partial charge on any atom is 0.306 e. The molecule has 25 heavy (non-hydrogen) atoms. The van der Waals surface area contributed by atoms with E-state index in [4.69, 9.17) is 4.74 Å². The Labute approximate surface area is 145 Å². The Bertz CT molecular complexity index is 907. The molecule has 130 valence electrons. The molecule has 1 aromatic carbocycles. The molecule has 1 aromatic heterocycles. The van der Waals surface area contributed by atoms with E-state index >= 15 is 0 Å². The average molecular weight is 340 g/mol. The molecule has 0 saturated heterocycles. The van der Waals surface area contributed by atoms with Gasteiger partial charge in [0.05, 0.1) is 35.9 Å². The van der Waals surface area contributed by atoms with Crippen molar-refractivity contribution in [3.63, 3.8) is 0 Å². The summed E-state index contributed by atoms with van der Waals surface area (Å²) in [5.74, 6) is -0.925. The molecule has 1 aliphatic rings. The summed E-state index contributed by atoms with van der Waals surface area (Å²) in [5, 5.41) is 19.7. The third-order valence-electron chi connectivity index (χ3n) is 5.00. The number of carbonyl (C=O) groups is 2. The van der Waals surface area contributed by atoms with Gasteiger partial charge in [-0.15, -0.1) is 0 Å². The van der Waals surface area contributed by atoms with Crippen LogP contribution in [-0.4, -0.2) is 29.0 Å². The number of aromatic nitrogens is 1. The molecule has 6 heteroatoms. The Balaban J connectivity index is 2.36. The van der Waals surface area contributed by atoms with Gasteiger partial charge in [0.15, 0.2) is 0 Å². The van der Waals surface area contributed by atoms with Crippen molar-refractivity contribution in [1.29, 1.82) is 5.26 Å². The van der Waals surface area contributed by atoms with Gasteiger partial charge in [-0.3, -0.25) is 9.59 Å². The molecule has 0 saturated carbocycles. The van der Waals surface area contributed by atoms with Crippen LogP contribution in [-0.2, 0) is 21.6 Å². The van der Waals surface area contributed by atoms with Gasteiger partial charge in [0.1, 0.15) is 11.9 Å². The number of aryl methyl sites for hydroxylation is 1. The smallest absolute Gasteiger partial charge is 0.306 e. The van der Waals surface area contributed by atoms with Crippen LogP contribution in [0.4, 0.5) is 0 Å². The molecular weight excluding hydrogens is 320 g/mol. The van der Waals surface area contributed by atoms with E-state index in [0.29, 0.717) is 30.6 Å². The fourth-order valence-electron chi connectivity index (χ4n) is 3.94. The lowest BCUT2D eigenvalue weighted by Gasteiger charge is -2.36. The monoisotopic (exact) mass is 340 g/mol. The number of nitriles is 1. The highest BCUT2D eigenvalue weighted by molar-refractivity contribution is 5.98. The number of aromatic amines is 1. The van der Waals surface area contributed by atoms with Crippen LogP contribution in [0.25, 0.3) is 10.9 Å². The van der Waals surface area contributed by atoms with Crippen molar-refractivity contribution < 1.29 is 19.4 Å². The number of aldehydes is 1. The van der Waals surface area contributed by atoms with E-state index in [1.165, 1.54) is 0 Å². The Morgan fingerprint density at radius 3 is 2.92 bits per heavy atom. The number of carboxylic acid groups (broad SMARTS) is 1. The molecule has 2 N–H and O–H groups in total. The van der Waals surface area contributed by atoms with Crippen molar-refractivity contribution in [2.24, 2.45) is 0 Å². The summed E-state index contributed by atoms with van der Waals surface area (Å²) in [6.45, 7) is 4.22. The van der Waals surface area contributed by atoms with Gasteiger partial charge in [-0.05, 0) is 37.0 Å². The summed E-state index contributed by atoms with van der Waals surface area (Å²) in [7, 11) is 0. The second-order valence-electron chi connectivity index (χ2n) is 6.51. The first kappa shape index (κ1) is 17.2. The number of ether oxygens (including phenoxy) is 1. The van der Waals surface area contributed by atoms with Crippen LogP contribution in [0.5, 0.6) is 0 Å². The van der Waals surface area contributed by atoms with Crippen molar-refractivity contribution in [2.45, 2.75) is 45.1 Å². The zero-order valence-electron chi connectivity index (χ0n) is 14.3. The number of rotatable bonds is 5. The van der Waals surface area contributed by atoms with E-state index in [1.807, 2.05) is 13.8 Å². The molecule has 1 aliphatic heterocycles. The molecule has 0 fully saturated rings. The lowest BCUT2D eigenvalue weighted by atomic mass is 9.84. The third kappa shape index (κ3) is 2.61. The van der Waals surface area contributed by atoms with Gasteiger partial charge in [0.25, 0.3) is 0 Å². The average Bonchev–Trinajstić information content (AvgIpc) is 2.97. The van der Waals surface area contributed by atoms with Crippen LogP contribution in [0.15, 0.2) is 6.07 Å². The number of fused-ring (bicyclic) bond motifs is 3. The van der Waals surface area contributed by atoms with E-state index < -0.39 is 11.6 Å². The van der Waals surface area contributed by atoms with Crippen LogP contribution in [0, 0.1) is 18.3 Å². The number of nitrogens with zero attached hydrogens (tertiary/aromatic N) is 1. The Morgan fingerprint density at radius 1 is 1.56 bits per heavy atom. The van der Waals surface area contributed by atoms with Gasteiger partial charge < -0.3 is 14.8 Å². The molecule has 0 aliphatic carbocycles. The van der Waals surface area contributed by atoms with E-state index in [0.717, 1.165) is 40.4 Å². The zero-order chi connectivity index (χ0) is 18.2. The Hall–Kier alpha value is -2.65. The number of hydrogen-bond donors (Lipinski definition) is 2. The number of nitrogens with one attached hydrogen (secondary N) is 1. The van der Waals surface area contributed by atoms with Gasteiger partial charge >= 0.3 is 5.97 Å². The highest BCUT2D eigenvalue weighted by atomic mass is 16.5. The fourth-order valence-corrected chi connectivity index (χ4v) is 3.94. The van der Waals surface area contributed by atoms with Crippen LogP contribution >= 0.6 is 0 Å². The summed E-state index contributed by atoms with van der Waals surface area (Å²) >= 11 is 0. The van der Waals surface area contributed by atoms with Crippen molar-refractivity contribution in [3.8, 4) is 6.07 Å². The molecule has 0 radical (unpaired) electrons. The summed E-state index contributed by atoms with van der Waals surface area (Å²) in [6, 6.07) is 3.78.